The molecule has 0 radical (unpaired) electrons. The fourth-order valence-electron chi connectivity index (χ4n) is 0.494. The van der Waals surface area contributed by atoms with E-state index in [2.05, 4.69) is 10.0 Å². The largest absolute Gasteiger partial charge is 0.299 e. The van der Waals surface area contributed by atoms with Gasteiger partial charge in [0.15, 0.2) is 0 Å². The third kappa shape index (κ3) is 3.92. The maximum atomic E-state index is 10.8. The number of azide groups is 1. The summed E-state index contributed by atoms with van der Waals surface area (Å²) in [6.45, 7) is 3.95. The third-order valence-electron chi connectivity index (χ3n) is 1.17. The van der Waals surface area contributed by atoms with E-state index >= 15 is 0 Å². The Bertz CT molecular complexity index is 158. The van der Waals surface area contributed by atoms with E-state index in [0.29, 0.717) is 6.42 Å². The van der Waals surface area contributed by atoms with Crippen molar-refractivity contribution in [2.24, 2.45) is 11.0 Å². The van der Waals surface area contributed by atoms with Crippen molar-refractivity contribution in [1.29, 1.82) is 0 Å². The number of hydrogen-bond donors (Lipinski definition) is 0. The highest BCUT2D eigenvalue weighted by atomic mass is 16.1. The van der Waals surface area contributed by atoms with Crippen LogP contribution in [-0.4, -0.2) is 12.3 Å². The molecule has 4 heteroatoms. The molecule has 0 aliphatic rings. The summed E-state index contributed by atoms with van der Waals surface area (Å²) in [6.07, 6.45) is 0.363. The van der Waals surface area contributed by atoms with Gasteiger partial charge >= 0.3 is 0 Å². The minimum Gasteiger partial charge on any atom is -0.299 e. The Hall–Kier alpha value is -1.02. The monoisotopic (exact) mass is 141 g/mol. The summed E-state index contributed by atoms with van der Waals surface area (Å²) in [6, 6.07) is 0. The van der Waals surface area contributed by atoms with Crippen molar-refractivity contribution in [3.8, 4) is 0 Å². The predicted octanol–water partition coefficient (Wildman–Crippen LogP) is 1.91. The highest BCUT2D eigenvalue weighted by Crippen LogP contribution is 1.98. The van der Waals surface area contributed by atoms with Crippen molar-refractivity contribution in [1.82, 2.24) is 0 Å². The van der Waals surface area contributed by atoms with Gasteiger partial charge in [0.25, 0.3) is 0 Å². The van der Waals surface area contributed by atoms with Crippen LogP contribution in [0.4, 0.5) is 0 Å². The van der Waals surface area contributed by atoms with E-state index in [9.17, 15) is 4.79 Å². The maximum absolute atomic E-state index is 10.8. The van der Waals surface area contributed by atoms with Gasteiger partial charge in [0, 0.05) is 23.8 Å². The topological polar surface area (TPSA) is 65.8 Å². The molecule has 0 saturated carbocycles. The van der Waals surface area contributed by atoms with Gasteiger partial charge in [-0.05, 0) is 5.53 Å². The van der Waals surface area contributed by atoms with Crippen LogP contribution in [0, 0.1) is 5.92 Å². The molecular weight excluding hydrogens is 130 g/mol. The standard InChI is InChI=1S/C6H11N3O/c1-5(2)6(10)3-4-8-9-7/h5H,3-4H2,1-2H3. The second-order valence-electron chi connectivity index (χ2n) is 2.33. The molecule has 0 bridgehead atoms. The third-order valence-corrected chi connectivity index (χ3v) is 1.17. The SMILES string of the molecule is CC(C)C(=O)CCN=[N+]=[N-]. The van der Waals surface area contributed by atoms with Crippen molar-refractivity contribution < 1.29 is 4.79 Å². The minimum absolute atomic E-state index is 0.0499. The highest BCUT2D eigenvalue weighted by Gasteiger charge is 2.04. The van der Waals surface area contributed by atoms with Crippen LogP contribution in [0.1, 0.15) is 20.3 Å². The smallest absolute Gasteiger partial charge is 0.135 e. The number of Topliss-reactive ketones (excluding diaryl/α,β-unsaturated/α-hetero) is 1. The highest BCUT2D eigenvalue weighted by molar-refractivity contribution is 5.80. The summed E-state index contributed by atoms with van der Waals surface area (Å²) in [4.78, 5) is 13.4. The molecule has 4 nitrogen and oxygen atoms in total. The van der Waals surface area contributed by atoms with E-state index in [0.717, 1.165) is 0 Å². The molecule has 0 unspecified atom stereocenters. The van der Waals surface area contributed by atoms with E-state index in [1.165, 1.54) is 0 Å². The first-order chi connectivity index (χ1) is 4.68. The zero-order valence-corrected chi connectivity index (χ0v) is 6.24. The lowest BCUT2D eigenvalue weighted by Crippen LogP contribution is -2.07. The molecule has 0 spiro atoms. The quantitative estimate of drug-likeness (QED) is 0.335. The average molecular weight is 141 g/mol. The first kappa shape index (κ1) is 8.98. The van der Waals surface area contributed by atoms with Gasteiger partial charge in [-0.25, -0.2) is 0 Å². The van der Waals surface area contributed by atoms with Crippen LogP contribution in [0.5, 0.6) is 0 Å². The number of carbonyl (C=O) groups excluding carboxylic acids is 1. The zero-order chi connectivity index (χ0) is 7.98. The zero-order valence-electron chi connectivity index (χ0n) is 6.24. The summed E-state index contributed by atoms with van der Waals surface area (Å²) in [5, 5.41) is 3.25. The van der Waals surface area contributed by atoms with E-state index in [1.54, 1.807) is 0 Å². The van der Waals surface area contributed by atoms with E-state index in [4.69, 9.17) is 5.53 Å². The van der Waals surface area contributed by atoms with Crippen molar-refractivity contribution in [3.05, 3.63) is 10.4 Å². The van der Waals surface area contributed by atoms with E-state index < -0.39 is 0 Å². The van der Waals surface area contributed by atoms with Crippen LogP contribution in [0.3, 0.4) is 0 Å². The van der Waals surface area contributed by atoms with Gasteiger partial charge in [-0.1, -0.05) is 19.0 Å². The lowest BCUT2D eigenvalue weighted by atomic mass is 10.1. The molecule has 0 aromatic heterocycles. The molecular formula is C6H11N3O. The van der Waals surface area contributed by atoms with Gasteiger partial charge in [0.1, 0.15) is 5.78 Å². The second kappa shape index (κ2) is 4.82. The lowest BCUT2D eigenvalue weighted by molar-refractivity contribution is -0.121. The Kier molecular flexibility index (Phi) is 4.33. The summed E-state index contributed by atoms with van der Waals surface area (Å²) < 4.78 is 0. The lowest BCUT2D eigenvalue weighted by Gasteiger charge is -1.98. The normalized spacial score (nSPS) is 9.10. The molecule has 0 aromatic rings. The molecule has 0 saturated heterocycles. The van der Waals surface area contributed by atoms with Crippen LogP contribution in [0.2, 0.25) is 0 Å². The number of hydrogen-bond acceptors (Lipinski definition) is 2. The Morgan fingerprint density at radius 1 is 1.70 bits per heavy atom. The molecule has 0 fully saturated rings. The molecule has 0 aliphatic carbocycles. The van der Waals surface area contributed by atoms with E-state index in [1.807, 2.05) is 13.8 Å². The van der Waals surface area contributed by atoms with Gasteiger partial charge in [0.05, 0.1) is 0 Å². The van der Waals surface area contributed by atoms with Crippen molar-refractivity contribution >= 4 is 5.78 Å². The van der Waals surface area contributed by atoms with Gasteiger partial charge in [-0.3, -0.25) is 4.79 Å². The molecule has 10 heavy (non-hydrogen) atoms. The molecule has 0 atom stereocenters. The molecule has 0 amide bonds. The number of rotatable bonds is 4. The number of ketones is 1. The average Bonchev–Trinajstić information content (AvgIpc) is 1.88. The number of carbonyl (C=O) groups is 1. The van der Waals surface area contributed by atoms with Crippen LogP contribution in [0.15, 0.2) is 5.11 Å². The molecule has 0 rings (SSSR count). The van der Waals surface area contributed by atoms with E-state index in [-0.39, 0.29) is 18.2 Å². The Morgan fingerprint density at radius 3 is 2.70 bits per heavy atom. The minimum atomic E-state index is 0.0499. The maximum Gasteiger partial charge on any atom is 0.135 e. The molecule has 0 heterocycles. The fourth-order valence-corrected chi connectivity index (χ4v) is 0.494. The Morgan fingerprint density at radius 2 is 2.30 bits per heavy atom. The number of nitrogens with zero attached hydrogens (tertiary/aromatic N) is 3. The van der Waals surface area contributed by atoms with Crippen molar-refractivity contribution in [3.63, 3.8) is 0 Å². The summed E-state index contributed by atoms with van der Waals surface area (Å²) >= 11 is 0. The molecule has 56 valence electrons. The first-order valence-electron chi connectivity index (χ1n) is 3.22. The summed E-state index contributed by atoms with van der Waals surface area (Å²) in [7, 11) is 0. The van der Waals surface area contributed by atoms with Gasteiger partial charge in [0.2, 0.25) is 0 Å². The van der Waals surface area contributed by atoms with Gasteiger partial charge in [-0.2, -0.15) is 0 Å². The van der Waals surface area contributed by atoms with Crippen LogP contribution in [0.25, 0.3) is 10.4 Å². The van der Waals surface area contributed by atoms with Gasteiger partial charge in [-0.15, -0.1) is 0 Å². The van der Waals surface area contributed by atoms with Crippen LogP contribution < -0.4 is 0 Å². The van der Waals surface area contributed by atoms with Crippen LogP contribution >= 0.6 is 0 Å². The first-order valence-corrected chi connectivity index (χ1v) is 3.22. The Balaban J connectivity index is 3.49. The second-order valence-corrected chi connectivity index (χ2v) is 2.33. The molecule has 0 N–H and O–H groups in total. The fraction of sp³-hybridized carbons (Fsp3) is 0.833. The van der Waals surface area contributed by atoms with Crippen LogP contribution in [-0.2, 0) is 4.79 Å². The Labute approximate surface area is 59.9 Å². The summed E-state index contributed by atoms with van der Waals surface area (Å²) in [5.74, 6) is 0.196. The summed E-state index contributed by atoms with van der Waals surface area (Å²) in [5.41, 5.74) is 7.86. The molecule has 0 aromatic carbocycles. The van der Waals surface area contributed by atoms with Crippen molar-refractivity contribution in [2.45, 2.75) is 20.3 Å². The van der Waals surface area contributed by atoms with Gasteiger partial charge < -0.3 is 0 Å². The predicted molar refractivity (Wildman–Crippen MR) is 38.5 cm³/mol. The van der Waals surface area contributed by atoms with Crippen molar-refractivity contribution in [2.75, 3.05) is 6.54 Å². The molecule has 0 aliphatic heterocycles.